The molecule has 15 heavy (non-hydrogen) atoms. The van der Waals surface area contributed by atoms with E-state index in [0.717, 1.165) is 31.7 Å². The highest BCUT2D eigenvalue weighted by molar-refractivity contribution is 5.27. The van der Waals surface area contributed by atoms with Gasteiger partial charge >= 0.3 is 0 Å². The number of rotatable bonds is 7. The first kappa shape index (κ1) is 11.8. The van der Waals surface area contributed by atoms with E-state index in [9.17, 15) is 0 Å². The fourth-order valence-corrected chi connectivity index (χ4v) is 1.33. The van der Waals surface area contributed by atoms with E-state index in [2.05, 4.69) is 24.0 Å². The molecule has 0 atom stereocenters. The minimum absolute atomic E-state index is 0.761. The number of nitrogens with one attached hydrogen (secondary N) is 1. The zero-order valence-corrected chi connectivity index (χ0v) is 9.33. The van der Waals surface area contributed by atoms with Crippen LogP contribution in [-0.2, 0) is 6.54 Å². The molecule has 0 aliphatic rings. The van der Waals surface area contributed by atoms with Crippen molar-refractivity contribution in [2.45, 2.75) is 19.4 Å². The Bertz CT molecular complexity index is 279. The standard InChI is InChI=1S/C13H19NO/c1-3-4-5-10-15-13-8-6-12(7-9-13)11-14-2/h3,6-9,14H,1,4-5,10-11H2,2H3. The SMILES string of the molecule is C=CCCCOc1ccc(CNC)cc1. The second kappa shape index (κ2) is 7.07. The van der Waals surface area contributed by atoms with E-state index in [1.54, 1.807) is 0 Å². The van der Waals surface area contributed by atoms with Crippen LogP contribution in [0.5, 0.6) is 5.75 Å². The van der Waals surface area contributed by atoms with Crippen LogP contribution in [0.15, 0.2) is 36.9 Å². The Kier molecular flexibility index (Phi) is 5.56. The average molecular weight is 205 g/mol. The van der Waals surface area contributed by atoms with Gasteiger partial charge in [-0.1, -0.05) is 18.2 Å². The molecule has 2 nitrogen and oxygen atoms in total. The summed E-state index contributed by atoms with van der Waals surface area (Å²) in [5.74, 6) is 0.943. The van der Waals surface area contributed by atoms with E-state index in [1.807, 2.05) is 25.3 Å². The highest BCUT2D eigenvalue weighted by Gasteiger charge is 1.94. The van der Waals surface area contributed by atoms with Crippen molar-refractivity contribution in [3.05, 3.63) is 42.5 Å². The van der Waals surface area contributed by atoms with Gasteiger partial charge in [0.2, 0.25) is 0 Å². The maximum absolute atomic E-state index is 5.57. The highest BCUT2D eigenvalue weighted by Crippen LogP contribution is 2.12. The zero-order chi connectivity index (χ0) is 10.9. The lowest BCUT2D eigenvalue weighted by atomic mass is 10.2. The molecule has 2 heteroatoms. The van der Waals surface area contributed by atoms with Gasteiger partial charge in [0, 0.05) is 6.54 Å². The summed E-state index contributed by atoms with van der Waals surface area (Å²) >= 11 is 0. The Morgan fingerprint density at radius 2 is 2.07 bits per heavy atom. The first-order valence-electron chi connectivity index (χ1n) is 5.34. The lowest BCUT2D eigenvalue weighted by Gasteiger charge is -2.06. The van der Waals surface area contributed by atoms with Crippen molar-refractivity contribution in [1.82, 2.24) is 5.32 Å². The zero-order valence-electron chi connectivity index (χ0n) is 9.33. The summed E-state index contributed by atoms with van der Waals surface area (Å²) in [6.07, 6.45) is 3.96. The summed E-state index contributed by atoms with van der Waals surface area (Å²) in [7, 11) is 1.94. The van der Waals surface area contributed by atoms with Crippen molar-refractivity contribution in [3.63, 3.8) is 0 Å². The van der Waals surface area contributed by atoms with Crippen LogP contribution < -0.4 is 10.1 Å². The first-order chi connectivity index (χ1) is 7.36. The summed E-state index contributed by atoms with van der Waals surface area (Å²) in [6, 6.07) is 8.19. The highest BCUT2D eigenvalue weighted by atomic mass is 16.5. The number of allylic oxidation sites excluding steroid dienone is 1. The number of hydrogen-bond acceptors (Lipinski definition) is 2. The lowest BCUT2D eigenvalue weighted by molar-refractivity contribution is 0.312. The molecule has 82 valence electrons. The second-order valence-corrected chi connectivity index (χ2v) is 3.45. The van der Waals surface area contributed by atoms with Gasteiger partial charge in [-0.05, 0) is 37.6 Å². The molecule has 0 aliphatic carbocycles. The average Bonchev–Trinajstić information content (AvgIpc) is 2.27. The second-order valence-electron chi connectivity index (χ2n) is 3.45. The molecule has 0 bridgehead atoms. The molecule has 0 unspecified atom stereocenters. The summed E-state index contributed by atoms with van der Waals surface area (Å²) in [5.41, 5.74) is 1.27. The normalized spacial score (nSPS) is 9.93. The van der Waals surface area contributed by atoms with Gasteiger partial charge in [0.1, 0.15) is 5.75 Å². The molecule has 1 N–H and O–H groups in total. The minimum Gasteiger partial charge on any atom is -0.494 e. The van der Waals surface area contributed by atoms with Gasteiger partial charge in [-0.2, -0.15) is 0 Å². The maximum atomic E-state index is 5.57. The quantitative estimate of drug-likeness (QED) is 0.546. The van der Waals surface area contributed by atoms with Crippen molar-refractivity contribution in [1.29, 1.82) is 0 Å². The molecule has 0 aliphatic heterocycles. The van der Waals surface area contributed by atoms with Crippen LogP contribution >= 0.6 is 0 Å². The molecular weight excluding hydrogens is 186 g/mol. The molecule has 0 saturated heterocycles. The summed E-state index contributed by atoms with van der Waals surface area (Å²) < 4.78 is 5.57. The molecule has 1 rings (SSSR count). The predicted molar refractivity (Wildman–Crippen MR) is 64.1 cm³/mol. The molecule has 0 fully saturated rings. The van der Waals surface area contributed by atoms with Crippen molar-refractivity contribution in [2.75, 3.05) is 13.7 Å². The van der Waals surface area contributed by atoms with Gasteiger partial charge in [0.05, 0.1) is 6.61 Å². The Morgan fingerprint density at radius 3 is 2.67 bits per heavy atom. The fourth-order valence-electron chi connectivity index (χ4n) is 1.33. The number of hydrogen-bond donors (Lipinski definition) is 1. The summed E-state index contributed by atoms with van der Waals surface area (Å²) in [6.45, 7) is 5.34. The van der Waals surface area contributed by atoms with Crippen LogP contribution in [0.1, 0.15) is 18.4 Å². The predicted octanol–water partition coefficient (Wildman–Crippen LogP) is 2.75. The third-order valence-electron chi connectivity index (χ3n) is 2.13. The molecule has 0 aromatic heterocycles. The van der Waals surface area contributed by atoms with Gasteiger partial charge in [-0.25, -0.2) is 0 Å². The van der Waals surface area contributed by atoms with Crippen molar-refractivity contribution >= 4 is 0 Å². The number of benzene rings is 1. The van der Waals surface area contributed by atoms with E-state index in [4.69, 9.17) is 4.74 Å². The van der Waals surface area contributed by atoms with E-state index in [0.29, 0.717) is 0 Å². The molecule has 0 spiro atoms. The smallest absolute Gasteiger partial charge is 0.119 e. The molecule has 1 aromatic rings. The van der Waals surface area contributed by atoms with Crippen molar-refractivity contribution in [2.24, 2.45) is 0 Å². The summed E-state index contributed by atoms with van der Waals surface area (Å²) in [5, 5.41) is 3.11. The molecule has 0 heterocycles. The van der Waals surface area contributed by atoms with Crippen molar-refractivity contribution < 1.29 is 4.74 Å². The minimum atomic E-state index is 0.761. The maximum Gasteiger partial charge on any atom is 0.119 e. The van der Waals surface area contributed by atoms with Crippen LogP contribution in [0.2, 0.25) is 0 Å². The lowest BCUT2D eigenvalue weighted by Crippen LogP contribution is -2.04. The topological polar surface area (TPSA) is 21.3 Å². The summed E-state index contributed by atoms with van der Waals surface area (Å²) in [4.78, 5) is 0. The van der Waals surface area contributed by atoms with Gasteiger partial charge in [-0.15, -0.1) is 6.58 Å². The third-order valence-corrected chi connectivity index (χ3v) is 2.13. The Morgan fingerprint density at radius 1 is 1.33 bits per heavy atom. The number of unbranched alkanes of at least 4 members (excludes halogenated alkanes) is 1. The van der Waals surface area contributed by atoms with E-state index in [1.165, 1.54) is 5.56 Å². The van der Waals surface area contributed by atoms with E-state index in [-0.39, 0.29) is 0 Å². The molecule has 0 radical (unpaired) electrons. The van der Waals surface area contributed by atoms with Crippen LogP contribution in [0.25, 0.3) is 0 Å². The first-order valence-corrected chi connectivity index (χ1v) is 5.34. The van der Waals surface area contributed by atoms with Crippen LogP contribution in [-0.4, -0.2) is 13.7 Å². The van der Waals surface area contributed by atoms with Crippen LogP contribution in [0, 0.1) is 0 Å². The van der Waals surface area contributed by atoms with E-state index < -0.39 is 0 Å². The fraction of sp³-hybridized carbons (Fsp3) is 0.385. The van der Waals surface area contributed by atoms with Gasteiger partial charge in [0.25, 0.3) is 0 Å². The Balaban J connectivity index is 2.32. The monoisotopic (exact) mass is 205 g/mol. The van der Waals surface area contributed by atoms with Gasteiger partial charge < -0.3 is 10.1 Å². The largest absolute Gasteiger partial charge is 0.494 e. The molecular formula is C13H19NO. The van der Waals surface area contributed by atoms with Crippen LogP contribution in [0.4, 0.5) is 0 Å². The van der Waals surface area contributed by atoms with Crippen LogP contribution in [0.3, 0.4) is 0 Å². The van der Waals surface area contributed by atoms with Gasteiger partial charge in [0.15, 0.2) is 0 Å². The molecule has 0 amide bonds. The van der Waals surface area contributed by atoms with Gasteiger partial charge in [-0.3, -0.25) is 0 Å². The Labute approximate surface area is 92.0 Å². The van der Waals surface area contributed by atoms with E-state index >= 15 is 0 Å². The Hall–Kier alpha value is -1.28. The molecule has 1 aromatic carbocycles. The third kappa shape index (κ3) is 4.66. The van der Waals surface area contributed by atoms with Crippen molar-refractivity contribution in [3.8, 4) is 5.75 Å². The number of ether oxygens (including phenoxy) is 1. The molecule has 0 saturated carbocycles.